The van der Waals surface area contributed by atoms with Crippen LogP contribution in [0.3, 0.4) is 0 Å². The first-order valence-electron chi connectivity index (χ1n) is 12.2. The molecule has 1 atom stereocenters. The van der Waals surface area contributed by atoms with Crippen LogP contribution in [0.1, 0.15) is 45.2 Å². The molecule has 5 heterocycles. The van der Waals surface area contributed by atoms with E-state index in [1.54, 1.807) is 53.8 Å². The maximum atomic E-state index is 13.4. The maximum absolute atomic E-state index is 13.4. The maximum Gasteiger partial charge on any atom is 0.255 e. The van der Waals surface area contributed by atoms with Gasteiger partial charge in [0.15, 0.2) is 5.75 Å². The van der Waals surface area contributed by atoms with Gasteiger partial charge < -0.3 is 24.3 Å². The average molecular weight is 503 g/mol. The van der Waals surface area contributed by atoms with Crippen LogP contribution < -0.4 is 10.1 Å². The Kier molecular flexibility index (Phi) is 6.10. The van der Waals surface area contributed by atoms with Crippen molar-refractivity contribution < 1.29 is 19.1 Å². The second-order valence-electron chi connectivity index (χ2n) is 9.51. The molecule has 4 aromatic rings. The SMILES string of the molecule is CNC(=O)c1c(C)cn2cc(Oc3ccnn4cc(C(=O)N5CC[C@@H](N(C)C(C)=O)C5)c(C)c34)ccc12. The highest BCUT2D eigenvalue weighted by Crippen LogP contribution is 2.32. The van der Waals surface area contributed by atoms with Gasteiger partial charge in [0.1, 0.15) is 11.3 Å². The molecule has 3 amide bonds. The van der Waals surface area contributed by atoms with E-state index in [1.807, 2.05) is 42.8 Å². The van der Waals surface area contributed by atoms with Gasteiger partial charge in [-0.2, -0.15) is 5.10 Å². The van der Waals surface area contributed by atoms with Gasteiger partial charge in [-0.25, -0.2) is 4.52 Å². The molecule has 0 saturated carbocycles. The summed E-state index contributed by atoms with van der Waals surface area (Å²) in [5.74, 6) is 0.926. The Labute approximate surface area is 214 Å². The molecular weight excluding hydrogens is 472 g/mol. The summed E-state index contributed by atoms with van der Waals surface area (Å²) in [5, 5.41) is 7.08. The van der Waals surface area contributed by atoms with E-state index in [2.05, 4.69) is 10.4 Å². The van der Waals surface area contributed by atoms with Crippen LogP contribution in [0.2, 0.25) is 0 Å². The Morgan fingerprint density at radius 2 is 1.92 bits per heavy atom. The summed E-state index contributed by atoms with van der Waals surface area (Å²) in [6.45, 7) is 6.43. The third-order valence-electron chi connectivity index (χ3n) is 7.23. The molecule has 10 heteroatoms. The quantitative estimate of drug-likeness (QED) is 0.452. The Morgan fingerprint density at radius 1 is 1.14 bits per heavy atom. The van der Waals surface area contributed by atoms with Crippen molar-refractivity contribution in [3.8, 4) is 11.5 Å². The number of hydrogen-bond acceptors (Lipinski definition) is 5. The number of likely N-dealkylation sites (tertiary alicyclic amines) is 1. The fourth-order valence-corrected chi connectivity index (χ4v) is 5.09. The number of aryl methyl sites for hydroxylation is 2. The molecule has 1 fully saturated rings. The Bertz CT molecular complexity index is 1550. The summed E-state index contributed by atoms with van der Waals surface area (Å²) in [5.41, 5.74) is 4.32. The fourth-order valence-electron chi connectivity index (χ4n) is 5.09. The number of rotatable bonds is 5. The second kappa shape index (κ2) is 9.27. The van der Waals surface area contributed by atoms with Crippen molar-refractivity contribution in [3.63, 3.8) is 0 Å². The first-order chi connectivity index (χ1) is 17.7. The Balaban J connectivity index is 1.44. The molecule has 10 nitrogen and oxygen atoms in total. The molecule has 0 radical (unpaired) electrons. The van der Waals surface area contributed by atoms with Crippen LogP contribution in [0.4, 0.5) is 0 Å². The van der Waals surface area contributed by atoms with E-state index in [0.717, 1.165) is 23.1 Å². The number of amides is 3. The van der Waals surface area contributed by atoms with Crippen molar-refractivity contribution in [2.45, 2.75) is 33.2 Å². The summed E-state index contributed by atoms with van der Waals surface area (Å²) >= 11 is 0. The molecule has 192 valence electrons. The Morgan fingerprint density at radius 3 is 2.65 bits per heavy atom. The first kappa shape index (κ1) is 24.4. The lowest BCUT2D eigenvalue weighted by molar-refractivity contribution is -0.129. The number of fused-ring (bicyclic) bond motifs is 2. The van der Waals surface area contributed by atoms with Gasteiger partial charge in [0.2, 0.25) is 5.91 Å². The summed E-state index contributed by atoms with van der Waals surface area (Å²) in [4.78, 5) is 40.9. The molecule has 1 aliphatic heterocycles. The van der Waals surface area contributed by atoms with Crippen molar-refractivity contribution in [1.82, 2.24) is 29.1 Å². The van der Waals surface area contributed by atoms with E-state index in [1.165, 1.54) is 0 Å². The number of hydrogen-bond donors (Lipinski definition) is 1. The van der Waals surface area contributed by atoms with Crippen molar-refractivity contribution >= 4 is 28.8 Å². The van der Waals surface area contributed by atoms with Crippen LogP contribution in [0.15, 0.2) is 43.0 Å². The molecule has 0 aliphatic carbocycles. The zero-order valence-electron chi connectivity index (χ0n) is 21.6. The van der Waals surface area contributed by atoms with E-state index < -0.39 is 0 Å². The lowest BCUT2D eigenvalue weighted by Gasteiger charge is -2.23. The molecule has 0 bridgehead atoms. The van der Waals surface area contributed by atoms with E-state index >= 15 is 0 Å². The van der Waals surface area contributed by atoms with E-state index in [-0.39, 0.29) is 23.8 Å². The average Bonchev–Trinajstić information content (AvgIpc) is 3.58. The molecule has 5 rings (SSSR count). The number of aromatic nitrogens is 3. The number of carbonyl (C=O) groups excluding carboxylic acids is 3. The van der Waals surface area contributed by atoms with Gasteiger partial charge in [-0.05, 0) is 43.5 Å². The third-order valence-corrected chi connectivity index (χ3v) is 7.23. The smallest absolute Gasteiger partial charge is 0.255 e. The third kappa shape index (κ3) is 4.18. The topological polar surface area (TPSA) is 101 Å². The summed E-state index contributed by atoms with van der Waals surface area (Å²) < 4.78 is 9.79. The number of carbonyl (C=O) groups is 3. The largest absolute Gasteiger partial charge is 0.453 e. The minimum Gasteiger partial charge on any atom is -0.453 e. The van der Waals surface area contributed by atoms with Crippen LogP contribution in [0.5, 0.6) is 11.5 Å². The molecule has 4 aromatic heterocycles. The van der Waals surface area contributed by atoms with Crippen molar-refractivity contribution in [3.05, 3.63) is 65.2 Å². The van der Waals surface area contributed by atoms with Crippen LogP contribution in [0.25, 0.3) is 11.0 Å². The highest BCUT2D eigenvalue weighted by atomic mass is 16.5. The highest BCUT2D eigenvalue weighted by Gasteiger charge is 2.32. The zero-order chi connectivity index (χ0) is 26.4. The second-order valence-corrected chi connectivity index (χ2v) is 9.51. The normalized spacial score (nSPS) is 15.4. The zero-order valence-corrected chi connectivity index (χ0v) is 21.6. The van der Waals surface area contributed by atoms with Crippen LogP contribution in [0, 0.1) is 13.8 Å². The van der Waals surface area contributed by atoms with Gasteiger partial charge in [-0.1, -0.05) is 0 Å². The Hall–Kier alpha value is -4.34. The van der Waals surface area contributed by atoms with Gasteiger partial charge in [0, 0.05) is 52.6 Å². The standard InChI is InChI=1S/C27H30N6O4/c1-16-12-32-14-20(6-7-22(32)24(16)26(35)28-4)37-23-8-10-29-33-15-21(17(2)25(23)33)27(36)31-11-9-19(13-31)30(5)18(3)34/h6-8,10,12,14-15,19H,9,11,13H2,1-5H3,(H,28,35)/t19-/m1/s1. The molecule has 1 N–H and O–H groups in total. The minimum absolute atomic E-state index is 0.00538. The number of likely N-dealkylation sites (N-methyl/N-ethyl adjacent to an activating group) is 1. The fraction of sp³-hybridized carbons (Fsp3) is 0.333. The lowest BCUT2D eigenvalue weighted by Crippen LogP contribution is -2.39. The lowest BCUT2D eigenvalue weighted by atomic mass is 10.1. The first-order valence-corrected chi connectivity index (χ1v) is 12.2. The summed E-state index contributed by atoms with van der Waals surface area (Å²) in [6.07, 6.45) is 7.83. The number of ether oxygens (including phenoxy) is 1. The predicted molar refractivity (Wildman–Crippen MR) is 138 cm³/mol. The number of nitrogens with one attached hydrogen (secondary N) is 1. The molecule has 1 saturated heterocycles. The monoisotopic (exact) mass is 502 g/mol. The van der Waals surface area contributed by atoms with Crippen molar-refractivity contribution in [2.24, 2.45) is 0 Å². The predicted octanol–water partition coefficient (Wildman–Crippen LogP) is 3.05. The van der Waals surface area contributed by atoms with E-state index in [9.17, 15) is 14.4 Å². The van der Waals surface area contributed by atoms with Crippen molar-refractivity contribution in [1.29, 1.82) is 0 Å². The van der Waals surface area contributed by atoms with Crippen molar-refractivity contribution in [2.75, 3.05) is 27.2 Å². The van der Waals surface area contributed by atoms with Gasteiger partial charge >= 0.3 is 0 Å². The van der Waals surface area contributed by atoms with Crippen LogP contribution in [-0.2, 0) is 4.79 Å². The van der Waals surface area contributed by atoms with Crippen LogP contribution in [-0.4, -0.2) is 74.8 Å². The molecular formula is C27H30N6O4. The summed E-state index contributed by atoms with van der Waals surface area (Å²) in [7, 11) is 3.39. The number of nitrogens with zero attached hydrogens (tertiary/aromatic N) is 5. The molecule has 1 aliphatic rings. The molecule has 37 heavy (non-hydrogen) atoms. The summed E-state index contributed by atoms with van der Waals surface area (Å²) in [6, 6.07) is 5.46. The highest BCUT2D eigenvalue weighted by molar-refractivity contribution is 6.02. The van der Waals surface area contributed by atoms with E-state index in [0.29, 0.717) is 41.2 Å². The molecule has 0 unspecified atom stereocenters. The van der Waals surface area contributed by atoms with Gasteiger partial charge in [0.05, 0.1) is 35.1 Å². The van der Waals surface area contributed by atoms with Crippen LogP contribution >= 0.6 is 0 Å². The van der Waals surface area contributed by atoms with Gasteiger partial charge in [-0.3, -0.25) is 14.4 Å². The van der Waals surface area contributed by atoms with Gasteiger partial charge in [0.25, 0.3) is 11.8 Å². The molecule has 0 spiro atoms. The van der Waals surface area contributed by atoms with E-state index in [4.69, 9.17) is 4.74 Å². The minimum atomic E-state index is -0.136. The number of pyridine rings is 1. The van der Waals surface area contributed by atoms with Gasteiger partial charge in [-0.15, -0.1) is 0 Å². The molecule has 0 aromatic carbocycles.